The van der Waals surface area contributed by atoms with E-state index in [2.05, 4.69) is 31.3 Å². The van der Waals surface area contributed by atoms with Crippen LogP contribution in [0.3, 0.4) is 0 Å². The van der Waals surface area contributed by atoms with E-state index in [1.807, 2.05) is 6.07 Å². The molecule has 2 N–H and O–H groups in total. The first-order valence-electron chi connectivity index (χ1n) is 7.33. The summed E-state index contributed by atoms with van der Waals surface area (Å²) in [4.78, 5) is 0. The van der Waals surface area contributed by atoms with Crippen LogP contribution in [0.25, 0.3) is 0 Å². The molecule has 1 fully saturated rings. The second-order valence-corrected chi connectivity index (χ2v) is 5.51. The van der Waals surface area contributed by atoms with Gasteiger partial charge in [-0.3, -0.25) is 0 Å². The maximum atomic E-state index is 9.88. The smallest absolute Gasteiger partial charge is 0.0945 e. The standard InChI is InChI=1S/C16H25NO3/c1-12-5-6-14(8-13(12)2)17-9-15(18)10-19-11-16-4-3-7-20-16/h5-6,8,15-18H,3-4,7,9-11H2,1-2H3. The molecule has 0 amide bonds. The molecule has 2 unspecified atom stereocenters. The maximum Gasteiger partial charge on any atom is 0.0945 e. The SMILES string of the molecule is Cc1ccc(NCC(O)COCC2CCCO2)cc1C. The zero-order valence-corrected chi connectivity index (χ0v) is 12.4. The number of ether oxygens (including phenoxy) is 2. The van der Waals surface area contributed by atoms with Gasteiger partial charge in [0.05, 0.1) is 25.4 Å². The van der Waals surface area contributed by atoms with Gasteiger partial charge in [0.1, 0.15) is 0 Å². The maximum absolute atomic E-state index is 9.88. The number of aliphatic hydroxyl groups excluding tert-OH is 1. The van der Waals surface area contributed by atoms with Crippen molar-refractivity contribution in [2.24, 2.45) is 0 Å². The summed E-state index contributed by atoms with van der Waals surface area (Å²) in [6.07, 6.45) is 1.90. The summed E-state index contributed by atoms with van der Waals surface area (Å²) < 4.78 is 11.0. The molecular weight excluding hydrogens is 254 g/mol. The van der Waals surface area contributed by atoms with Gasteiger partial charge in [0.25, 0.3) is 0 Å². The van der Waals surface area contributed by atoms with Crippen LogP contribution in [0.15, 0.2) is 18.2 Å². The molecule has 1 aliphatic rings. The largest absolute Gasteiger partial charge is 0.389 e. The van der Waals surface area contributed by atoms with Gasteiger partial charge in [-0.05, 0) is 49.9 Å². The van der Waals surface area contributed by atoms with Crippen LogP contribution in [0.4, 0.5) is 5.69 Å². The molecule has 0 spiro atoms. The van der Waals surface area contributed by atoms with Gasteiger partial charge in [-0.1, -0.05) is 6.07 Å². The summed E-state index contributed by atoms with van der Waals surface area (Å²) in [6, 6.07) is 6.20. The lowest BCUT2D eigenvalue weighted by molar-refractivity contribution is -0.0137. The third kappa shape index (κ3) is 4.78. The number of aryl methyl sites for hydroxylation is 2. The van der Waals surface area contributed by atoms with E-state index in [-0.39, 0.29) is 6.10 Å². The molecule has 20 heavy (non-hydrogen) atoms. The highest BCUT2D eigenvalue weighted by Crippen LogP contribution is 2.14. The zero-order chi connectivity index (χ0) is 14.4. The van der Waals surface area contributed by atoms with Crippen molar-refractivity contribution in [1.29, 1.82) is 0 Å². The Morgan fingerprint density at radius 1 is 1.40 bits per heavy atom. The summed E-state index contributed by atoms with van der Waals surface area (Å²) >= 11 is 0. The van der Waals surface area contributed by atoms with Crippen LogP contribution in [0.5, 0.6) is 0 Å². The topological polar surface area (TPSA) is 50.7 Å². The lowest BCUT2D eigenvalue weighted by Gasteiger charge is -2.15. The molecular formula is C16H25NO3. The molecule has 0 bridgehead atoms. The fourth-order valence-corrected chi connectivity index (χ4v) is 2.26. The minimum Gasteiger partial charge on any atom is -0.389 e. The van der Waals surface area contributed by atoms with Gasteiger partial charge in [0, 0.05) is 18.8 Å². The monoisotopic (exact) mass is 279 g/mol. The summed E-state index contributed by atoms with van der Waals surface area (Å²) in [6.45, 7) is 6.44. The number of rotatable bonds is 7. The summed E-state index contributed by atoms with van der Waals surface area (Å²) in [7, 11) is 0. The fourth-order valence-electron chi connectivity index (χ4n) is 2.26. The molecule has 1 aromatic rings. The number of hydrogen-bond acceptors (Lipinski definition) is 4. The Hall–Kier alpha value is -1.10. The first kappa shape index (κ1) is 15.3. The molecule has 4 heteroatoms. The van der Waals surface area contributed by atoms with Gasteiger partial charge in [-0.25, -0.2) is 0 Å². The molecule has 2 atom stereocenters. The Balaban J connectivity index is 1.63. The first-order chi connectivity index (χ1) is 9.65. The van der Waals surface area contributed by atoms with E-state index >= 15 is 0 Å². The number of aliphatic hydroxyl groups is 1. The van der Waals surface area contributed by atoms with Crippen LogP contribution in [-0.2, 0) is 9.47 Å². The molecule has 0 radical (unpaired) electrons. The molecule has 112 valence electrons. The van der Waals surface area contributed by atoms with E-state index in [4.69, 9.17) is 9.47 Å². The highest BCUT2D eigenvalue weighted by atomic mass is 16.5. The van der Waals surface area contributed by atoms with Gasteiger partial charge in [0.15, 0.2) is 0 Å². The van der Waals surface area contributed by atoms with Crippen LogP contribution in [0.1, 0.15) is 24.0 Å². The quantitative estimate of drug-likeness (QED) is 0.804. The van der Waals surface area contributed by atoms with E-state index in [9.17, 15) is 5.11 Å². The van der Waals surface area contributed by atoms with Gasteiger partial charge in [-0.2, -0.15) is 0 Å². The normalized spacial score (nSPS) is 20.1. The average molecular weight is 279 g/mol. The number of nitrogens with one attached hydrogen (secondary N) is 1. The van der Waals surface area contributed by atoms with Crippen molar-refractivity contribution in [3.8, 4) is 0 Å². The number of anilines is 1. The highest BCUT2D eigenvalue weighted by Gasteiger charge is 2.16. The van der Waals surface area contributed by atoms with Crippen LogP contribution >= 0.6 is 0 Å². The third-order valence-corrected chi connectivity index (χ3v) is 3.69. The Morgan fingerprint density at radius 2 is 2.25 bits per heavy atom. The van der Waals surface area contributed by atoms with Crippen LogP contribution < -0.4 is 5.32 Å². The van der Waals surface area contributed by atoms with Crippen molar-refractivity contribution in [2.45, 2.75) is 38.9 Å². The zero-order valence-electron chi connectivity index (χ0n) is 12.4. The van der Waals surface area contributed by atoms with Crippen molar-refractivity contribution >= 4 is 5.69 Å². The van der Waals surface area contributed by atoms with Crippen molar-refractivity contribution in [3.05, 3.63) is 29.3 Å². The van der Waals surface area contributed by atoms with Crippen LogP contribution in [0.2, 0.25) is 0 Å². The average Bonchev–Trinajstić information content (AvgIpc) is 2.93. The van der Waals surface area contributed by atoms with E-state index in [0.717, 1.165) is 25.1 Å². The Kier molecular flexibility index (Phi) is 5.83. The minimum atomic E-state index is -0.502. The van der Waals surface area contributed by atoms with Crippen LogP contribution in [0, 0.1) is 13.8 Å². The second-order valence-electron chi connectivity index (χ2n) is 5.51. The van der Waals surface area contributed by atoms with Crippen molar-refractivity contribution < 1.29 is 14.6 Å². The predicted octanol–water partition coefficient (Wildman–Crippen LogP) is 2.27. The summed E-state index contributed by atoms with van der Waals surface area (Å²) in [5.41, 5.74) is 3.56. The third-order valence-electron chi connectivity index (χ3n) is 3.69. The summed E-state index contributed by atoms with van der Waals surface area (Å²) in [5.74, 6) is 0. The van der Waals surface area contributed by atoms with E-state index in [0.29, 0.717) is 19.8 Å². The van der Waals surface area contributed by atoms with Gasteiger partial charge in [0.2, 0.25) is 0 Å². The number of hydrogen-bond donors (Lipinski definition) is 2. The second kappa shape index (κ2) is 7.62. The minimum absolute atomic E-state index is 0.218. The molecule has 0 aliphatic carbocycles. The molecule has 2 rings (SSSR count). The Morgan fingerprint density at radius 3 is 2.95 bits per heavy atom. The molecule has 1 aliphatic heterocycles. The van der Waals surface area contributed by atoms with Gasteiger partial charge >= 0.3 is 0 Å². The van der Waals surface area contributed by atoms with Crippen molar-refractivity contribution in [2.75, 3.05) is 31.7 Å². The molecule has 1 heterocycles. The lowest BCUT2D eigenvalue weighted by Crippen LogP contribution is -2.27. The van der Waals surface area contributed by atoms with E-state index in [1.54, 1.807) is 0 Å². The van der Waals surface area contributed by atoms with Crippen molar-refractivity contribution in [3.63, 3.8) is 0 Å². The summed E-state index contributed by atoms with van der Waals surface area (Å²) in [5, 5.41) is 13.1. The number of benzene rings is 1. The van der Waals surface area contributed by atoms with Gasteiger partial charge < -0.3 is 19.9 Å². The fraction of sp³-hybridized carbons (Fsp3) is 0.625. The van der Waals surface area contributed by atoms with E-state index < -0.39 is 6.10 Å². The molecule has 0 aromatic heterocycles. The molecule has 4 nitrogen and oxygen atoms in total. The lowest BCUT2D eigenvalue weighted by atomic mass is 10.1. The molecule has 0 saturated carbocycles. The van der Waals surface area contributed by atoms with Crippen molar-refractivity contribution in [1.82, 2.24) is 0 Å². The highest BCUT2D eigenvalue weighted by molar-refractivity contribution is 5.48. The van der Waals surface area contributed by atoms with E-state index in [1.165, 1.54) is 11.1 Å². The molecule has 1 saturated heterocycles. The van der Waals surface area contributed by atoms with Crippen LogP contribution in [-0.4, -0.2) is 43.7 Å². The molecule has 1 aromatic carbocycles. The Labute approximate surface area is 121 Å². The Bertz CT molecular complexity index is 416. The predicted molar refractivity (Wildman–Crippen MR) is 80.2 cm³/mol. The first-order valence-corrected chi connectivity index (χ1v) is 7.33. The van der Waals surface area contributed by atoms with Gasteiger partial charge in [-0.15, -0.1) is 0 Å².